The SMILES string of the molecule is Cc1ccc(S(=O)(=O)C2=C(S(C)(=O)=O)N=NC2=O)cc1. The first-order chi connectivity index (χ1) is 9.14. The van der Waals surface area contributed by atoms with Crippen LogP contribution in [0, 0.1) is 6.92 Å². The molecule has 7 nitrogen and oxygen atoms in total. The molecular weight excluding hydrogens is 304 g/mol. The van der Waals surface area contributed by atoms with E-state index < -0.39 is 35.5 Å². The zero-order valence-corrected chi connectivity index (χ0v) is 12.2. The fourth-order valence-electron chi connectivity index (χ4n) is 1.58. The van der Waals surface area contributed by atoms with Gasteiger partial charge in [-0.15, -0.1) is 10.2 Å². The Morgan fingerprint density at radius 2 is 1.50 bits per heavy atom. The summed E-state index contributed by atoms with van der Waals surface area (Å²) in [5, 5.41) is 5.38. The van der Waals surface area contributed by atoms with Crippen molar-refractivity contribution < 1.29 is 21.6 Å². The number of carbonyl (C=O) groups excluding carboxylic acids is 1. The molecule has 20 heavy (non-hydrogen) atoms. The zero-order valence-electron chi connectivity index (χ0n) is 10.6. The molecular formula is C11H10N2O5S2. The summed E-state index contributed by atoms with van der Waals surface area (Å²) >= 11 is 0. The molecule has 0 fully saturated rings. The Kier molecular flexibility index (Phi) is 3.34. The van der Waals surface area contributed by atoms with Gasteiger partial charge < -0.3 is 0 Å². The molecule has 0 radical (unpaired) electrons. The van der Waals surface area contributed by atoms with Crippen molar-refractivity contribution in [3.63, 3.8) is 0 Å². The molecule has 0 spiro atoms. The fourth-order valence-corrected chi connectivity index (χ4v) is 4.25. The Morgan fingerprint density at radius 1 is 0.950 bits per heavy atom. The molecule has 1 aromatic rings. The van der Waals surface area contributed by atoms with Gasteiger partial charge in [0, 0.05) is 6.26 Å². The summed E-state index contributed by atoms with van der Waals surface area (Å²) in [7, 11) is -8.24. The van der Waals surface area contributed by atoms with Crippen molar-refractivity contribution in [1.29, 1.82) is 0 Å². The van der Waals surface area contributed by atoms with Crippen LogP contribution in [0.25, 0.3) is 0 Å². The number of hydrogen-bond donors (Lipinski definition) is 0. The summed E-state index contributed by atoms with van der Waals surface area (Å²) in [6.07, 6.45) is 0.768. The van der Waals surface area contributed by atoms with Crippen molar-refractivity contribution in [2.24, 2.45) is 10.2 Å². The molecule has 1 aromatic carbocycles. The predicted octanol–water partition coefficient (Wildman–Crippen LogP) is 0.975. The lowest BCUT2D eigenvalue weighted by Crippen LogP contribution is -2.14. The molecule has 0 saturated heterocycles. The number of sulfone groups is 2. The van der Waals surface area contributed by atoms with Gasteiger partial charge in [0.2, 0.25) is 14.9 Å². The second-order valence-electron chi connectivity index (χ2n) is 4.23. The highest BCUT2D eigenvalue weighted by Crippen LogP contribution is 2.30. The molecule has 0 unspecified atom stereocenters. The zero-order chi connectivity index (χ0) is 15.1. The van der Waals surface area contributed by atoms with Crippen molar-refractivity contribution in [2.45, 2.75) is 11.8 Å². The molecule has 0 aliphatic carbocycles. The predicted molar refractivity (Wildman–Crippen MR) is 70.1 cm³/mol. The van der Waals surface area contributed by atoms with Gasteiger partial charge in [0.1, 0.15) is 0 Å². The molecule has 106 valence electrons. The lowest BCUT2D eigenvalue weighted by molar-refractivity contribution is -0.113. The first-order valence-electron chi connectivity index (χ1n) is 5.36. The lowest BCUT2D eigenvalue weighted by atomic mass is 10.2. The first kappa shape index (κ1) is 14.5. The van der Waals surface area contributed by atoms with Crippen LogP contribution in [0.3, 0.4) is 0 Å². The van der Waals surface area contributed by atoms with Gasteiger partial charge in [-0.1, -0.05) is 17.7 Å². The van der Waals surface area contributed by atoms with Gasteiger partial charge in [-0.25, -0.2) is 16.8 Å². The van der Waals surface area contributed by atoms with Crippen LogP contribution in [-0.4, -0.2) is 29.0 Å². The number of aryl methyl sites for hydroxylation is 1. The normalized spacial score (nSPS) is 16.0. The molecule has 0 N–H and O–H groups in total. The number of rotatable bonds is 3. The number of carbonyl (C=O) groups is 1. The van der Waals surface area contributed by atoms with E-state index in [-0.39, 0.29) is 4.90 Å². The molecule has 2 rings (SSSR count). The first-order valence-corrected chi connectivity index (χ1v) is 8.73. The van der Waals surface area contributed by atoms with Crippen molar-refractivity contribution in [1.82, 2.24) is 0 Å². The van der Waals surface area contributed by atoms with E-state index >= 15 is 0 Å². The lowest BCUT2D eigenvalue weighted by Gasteiger charge is -2.05. The van der Waals surface area contributed by atoms with Crippen molar-refractivity contribution in [3.8, 4) is 0 Å². The standard InChI is InChI=1S/C11H10N2O5S2/c1-7-3-5-8(6-4-7)20(17,18)9-10(14)12-13-11(9)19(2,15)16/h3-6H,1-2H3. The van der Waals surface area contributed by atoms with Crippen LogP contribution in [0.15, 0.2) is 49.3 Å². The fraction of sp³-hybridized carbons (Fsp3) is 0.182. The van der Waals surface area contributed by atoms with Gasteiger partial charge in [-0.05, 0) is 19.1 Å². The summed E-state index contributed by atoms with van der Waals surface area (Å²) in [5.74, 6) is -1.17. The van der Waals surface area contributed by atoms with Gasteiger partial charge in [0.25, 0.3) is 0 Å². The van der Waals surface area contributed by atoms with Gasteiger partial charge in [-0.3, -0.25) is 4.79 Å². The summed E-state index contributed by atoms with van der Waals surface area (Å²) in [5.41, 5.74) is 0.827. The van der Waals surface area contributed by atoms with Gasteiger partial charge in [-0.2, -0.15) is 0 Å². The third-order valence-electron chi connectivity index (χ3n) is 2.57. The summed E-state index contributed by atoms with van der Waals surface area (Å²) < 4.78 is 47.7. The van der Waals surface area contributed by atoms with Crippen LogP contribution < -0.4 is 0 Å². The van der Waals surface area contributed by atoms with Crippen LogP contribution >= 0.6 is 0 Å². The third kappa shape index (κ3) is 2.41. The van der Waals surface area contributed by atoms with E-state index in [0.29, 0.717) is 0 Å². The van der Waals surface area contributed by atoms with Gasteiger partial charge in [0.15, 0.2) is 14.7 Å². The molecule has 0 saturated carbocycles. The van der Waals surface area contributed by atoms with Gasteiger partial charge in [0.05, 0.1) is 4.90 Å². The van der Waals surface area contributed by atoms with Crippen molar-refractivity contribution >= 4 is 25.6 Å². The highest BCUT2D eigenvalue weighted by Gasteiger charge is 2.38. The van der Waals surface area contributed by atoms with Crippen LogP contribution in [0.5, 0.6) is 0 Å². The maximum absolute atomic E-state index is 12.4. The smallest absolute Gasteiger partial charge is 0.264 e. The molecule has 1 heterocycles. The Morgan fingerprint density at radius 3 is 2.00 bits per heavy atom. The largest absolute Gasteiger partial charge is 0.310 e. The molecule has 0 bridgehead atoms. The van der Waals surface area contributed by atoms with E-state index in [1.807, 2.05) is 0 Å². The topological polar surface area (TPSA) is 110 Å². The summed E-state index contributed by atoms with van der Waals surface area (Å²) in [6.45, 7) is 1.77. The van der Waals surface area contributed by atoms with Crippen molar-refractivity contribution in [2.75, 3.05) is 6.26 Å². The van der Waals surface area contributed by atoms with E-state index in [0.717, 1.165) is 11.8 Å². The average molecular weight is 314 g/mol. The Balaban J connectivity index is 2.71. The number of azo groups is 1. The van der Waals surface area contributed by atoms with Gasteiger partial charge >= 0.3 is 5.91 Å². The van der Waals surface area contributed by atoms with Crippen LogP contribution in [0.1, 0.15) is 5.56 Å². The number of amides is 1. The maximum atomic E-state index is 12.4. The highest BCUT2D eigenvalue weighted by molar-refractivity contribution is 7.99. The van der Waals surface area contributed by atoms with E-state index in [2.05, 4.69) is 10.2 Å². The minimum absolute atomic E-state index is 0.181. The Bertz CT molecular complexity index is 847. The second-order valence-corrected chi connectivity index (χ2v) is 8.05. The maximum Gasteiger partial charge on any atom is 0.310 e. The minimum atomic E-state index is -4.27. The van der Waals surface area contributed by atoms with E-state index in [1.54, 1.807) is 19.1 Å². The number of benzene rings is 1. The molecule has 1 aliphatic heterocycles. The summed E-state index contributed by atoms with van der Waals surface area (Å²) in [4.78, 5) is 10.5. The Hall–Kier alpha value is -1.87. The quantitative estimate of drug-likeness (QED) is 0.825. The average Bonchev–Trinajstić information content (AvgIpc) is 2.72. The monoisotopic (exact) mass is 314 g/mol. The second kappa shape index (κ2) is 4.60. The molecule has 0 aromatic heterocycles. The molecule has 9 heteroatoms. The molecule has 0 atom stereocenters. The summed E-state index contributed by atoms with van der Waals surface area (Å²) in [6, 6.07) is 5.68. The van der Waals surface area contributed by atoms with Crippen LogP contribution in [0.4, 0.5) is 0 Å². The number of nitrogens with zero attached hydrogens (tertiary/aromatic N) is 2. The molecule has 1 amide bonds. The van der Waals surface area contributed by atoms with E-state index in [1.165, 1.54) is 12.1 Å². The molecule has 1 aliphatic rings. The van der Waals surface area contributed by atoms with Crippen molar-refractivity contribution in [3.05, 3.63) is 39.8 Å². The van der Waals surface area contributed by atoms with E-state index in [4.69, 9.17) is 0 Å². The van der Waals surface area contributed by atoms with Crippen LogP contribution in [-0.2, 0) is 24.5 Å². The number of hydrogen-bond acceptors (Lipinski definition) is 6. The van der Waals surface area contributed by atoms with Crippen LogP contribution in [0.2, 0.25) is 0 Å². The van der Waals surface area contributed by atoms with E-state index in [9.17, 15) is 21.6 Å². The third-order valence-corrected chi connectivity index (χ3v) is 5.49. The minimum Gasteiger partial charge on any atom is -0.264 e. The Labute approximate surface area is 115 Å². The highest BCUT2D eigenvalue weighted by atomic mass is 32.2.